The molecule has 170 valence electrons. The summed E-state index contributed by atoms with van der Waals surface area (Å²) in [4.78, 5) is 6.85. The molecule has 7 nitrogen and oxygen atoms in total. The Morgan fingerprint density at radius 1 is 1.12 bits per heavy atom. The molecule has 0 saturated carbocycles. The molecule has 1 saturated heterocycles. The average molecular weight is 439 g/mol. The van der Waals surface area contributed by atoms with Crippen LogP contribution in [0, 0.1) is 5.82 Å². The number of rotatable bonds is 8. The highest BCUT2D eigenvalue weighted by molar-refractivity contribution is 5.79. The first-order chi connectivity index (χ1) is 15.7. The van der Waals surface area contributed by atoms with Gasteiger partial charge < -0.3 is 15.1 Å². The molecule has 0 amide bonds. The Morgan fingerprint density at radius 2 is 1.94 bits per heavy atom. The molecule has 2 N–H and O–H groups in total. The third-order valence-electron chi connectivity index (χ3n) is 5.80. The molecule has 2 aromatic heterocycles. The first kappa shape index (κ1) is 22.1. The van der Waals surface area contributed by atoms with Crippen LogP contribution in [0.25, 0.3) is 5.69 Å². The van der Waals surface area contributed by atoms with E-state index in [4.69, 9.17) is 4.42 Å². The lowest BCUT2D eigenvalue weighted by molar-refractivity contribution is 0.146. The molecule has 1 aliphatic heterocycles. The molecule has 0 aliphatic carbocycles. The fourth-order valence-electron chi connectivity index (χ4n) is 4.08. The van der Waals surface area contributed by atoms with Crippen molar-refractivity contribution in [3.8, 4) is 5.69 Å². The number of hydrogen-bond acceptors (Lipinski definition) is 4. The van der Waals surface area contributed by atoms with E-state index in [1.165, 1.54) is 31.4 Å². The minimum absolute atomic E-state index is 0.190. The fraction of sp³-hybridized carbons (Fsp3) is 0.417. The number of aliphatic imine (C=N–C) groups is 1. The van der Waals surface area contributed by atoms with Crippen molar-refractivity contribution in [1.29, 1.82) is 0 Å². The van der Waals surface area contributed by atoms with Crippen LogP contribution in [0.4, 0.5) is 4.39 Å². The standard InChI is InChI=1S/C24H31FN6O/c1-26-24(28-18-22(23-6-5-17-32-23)30-14-3-2-4-15-30)27-13-11-20-12-16-31(29-20)21-9-7-19(25)8-10-21/h5-10,12,16-17,22H,2-4,11,13-15,18H2,1H3,(H2,26,27,28). The zero-order valence-corrected chi connectivity index (χ0v) is 18.5. The zero-order valence-electron chi connectivity index (χ0n) is 18.5. The number of piperidine rings is 1. The van der Waals surface area contributed by atoms with Crippen LogP contribution >= 0.6 is 0 Å². The average Bonchev–Trinajstić information content (AvgIpc) is 3.52. The number of nitrogens with zero attached hydrogens (tertiary/aromatic N) is 4. The van der Waals surface area contributed by atoms with Crippen LogP contribution in [-0.4, -0.2) is 53.9 Å². The number of furan rings is 1. The summed E-state index contributed by atoms with van der Waals surface area (Å²) in [6.07, 6.45) is 8.15. The summed E-state index contributed by atoms with van der Waals surface area (Å²) in [6.45, 7) is 3.62. The smallest absolute Gasteiger partial charge is 0.191 e. The van der Waals surface area contributed by atoms with Crippen molar-refractivity contribution in [1.82, 2.24) is 25.3 Å². The maximum absolute atomic E-state index is 13.1. The second-order valence-corrected chi connectivity index (χ2v) is 7.99. The van der Waals surface area contributed by atoms with Crippen molar-refractivity contribution in [2.45, 2.75) is 31.7 Å². The van der Waals surface area contributed by atoms with Gasteiger partial charge in [-0.15, -0.1) is 0 Å². The van der Waals surface area contributed by atoms with E-state index in [0.29, 0.717) is 6.54 Å². The number of benzene rings is 1. The molecule has 1 aromatic carbocycles. The third kappa shape index (κ3) is 5.76. The second-order valence-electron chi connectivity index (χ2n) is 7.99. The number of hydrogen-bond donors (Lipinski definition) is 2. The highest BCUT2D eigenvalue weighted by Crippen LogP contribution is 2.24. The molecule has 0 radical (unpaired) electrons. The van der Waals surface area contributed by atoms with E-state index in [-0.39, 0.29) is 11.9 Å². The Balaban J connectivity index is 1.28. The number of nitrogens with one attached hydrogen (secondary N) is 2. The fourth-order valence-corrected chi connectivity index (χ4v) is 4.08. The van der Waals surface area contributed by atoms with Crippen molar-refractivity contribution < 1.29 is 8.81 Å². The number of guanidine groups is 1. The monoisotopic (exact) mass is 438 g/mol. The Kier molecular flexibility index (Phi) is 7.55. The van der Waals surface area contributed by atoms with Crippen LogP contribution in [-0.2, 0) is 6.42 Å². The number of likely N-dealkylation sites (tertiary alicyclic amines) is 1. The number of aromatic nitrogens is 2. The Morgan fingerprint density at radius 3 is 2.66 bits per heavy atom. The van der Waals surface area contributed by atoms with Gasteiger partial charge in [0, 0.05) is 32.8 Å². The minimum atomic E-state index is -0.251. The quantitative estimate of drug-likeness (QED) is 0.416. The van der Waals surface area contributed by atoms with Gasteiger partial charge in [0.25, 0.3) is 0 Å². The molecule has 0 spiro atoms. The maximum Gasteiger partial charge on any atom is 0.191 e. The highest BCUT2D eigenvalue weighted by Gasteiger charge is 2.24. The van der Waals surface area contributed by atoms with Crippen molar-refractivity contribution in [3.05, 3.63) is 72.2 Å². The second kappa shape index (κ2) is 10.9. The topological polar surface area (TPSA) is 70.6 Å². The largest absolute Gasteiger partial charge is 0.468 e. The molecule has 1 fully saturated rings. The van der Waals surface area contributed by atoms with Gasteiger partial charge in [0.05, 0.1) is 23.7 Å². The van der Waals surface area contributed by atoms with Crippen LogP contribution in [0.2, 0.25) is 0 Å². The van der Waals surface area contributed by atoms with E-state index in [9.17, 15) is 4.39 Å². The Bertz CT molecular complexity index is 976. The first-order valence-electron chi connectivity index (χ1n) is 11.3. The number of halogens is 1. The van der Waals surface area contributed by atoms with E-state index in [0.717, 1.165) is 49.2 Å². The lowest BCUT2D eigenvalue weighted by Crippen LogP contribution is -2.44. The summed E-state index contributed by atoms with van der Waals surface area (Å²) in [6, 6.07) is 12.5. The maximum atomic E-state index is 13.1. The zero-order chi connectivity index (χ0) is 22.2. The minimum Gasteiger partial charge on any atom is -0.468 e. The summed E-state index contributed by atoms with van der Waals surface area (Å²) in [5.74, 6) is 1.50. The summed E-state index contributed by atoms with van der Waals surface area (Å²) >= 11 is 0. The van der Waals surface area contributed by atoms with Gasteiger partial charge in [0.1, 0.15) is 11.6 Å². The van der Waals surface area contributed by atoms with Crippen molar-refractivity contribution in [3.63, 3.8) is 0 Å². The van der Waals surface area contributed by atoms with Crippen LogP contribution in [0.1, 0.15) is 36.8 Å². The molecule has 1 aliphatic rings. The van der Waals surface area contributed by atoms with E-state index >= 15 is 0 Å². The molecule has 4 rings (SSSR count). The van der Waals surface area contributed by atoms with Crippen molar-refractivity contribution >= 4 is 5.96 Å². The van der Waals surface area contributed by atoms with Gasteiger partial charge in [-0.25, -0.2) is 9.07 Å². The van der Waals surface area contributed by atoms with Gasteiger partial charge in [-0.1, -0.05) is 6.42 Å². The van der Waals surface area contributed by atoms with E-state index in [1.807, 2.05) is 18.3 Å². The van der Waals surface area contributed by atoms with Gasteiger partial charge in [0.2, 0.25) is 0 Å². The lowest BCUT2D eigenvalue weighted by Gasteiger charge is -2.33. The van der Waals surface area contributed by atoms with Gasteiger partial charge >= 0.3 is 0 Å². The normalized spacial score (nSPS) is 16.1. The lowest BCUT2D eigenvalue weighted by atomic mass is 10.1. The molecule has 8 heteroatoms. The van der Waals surface area contributed by atoms with Gasteiger partial charge in [0.15, 0.2) is 5.96 Å². The molecule has 1 atom stereocenters. The highest BCUT2D eigenvalue weighted by atomic mass is 19.1. The summed E-state index contributed by atoms with van der Waals surface area (Å²) in [5, 5.41) is 11.4. The molecule has 32 heavy (non-hydrogen) atoms. The van der Waals surface area contributed by atoms with Crippen molar-refractivity contribution in [2.24, 2.45) is 4.99 Å². The third-order valence-corrected chi connectivity index (χ3v) is 5.80. The van der Waals surface area contributed by atoms with Crippen LogP contribution < -0.4 is 10.6 Å². The summed E-state index contributed by atoms with van der Waals surface area (Å²) < 4.78 is 20.6. The Labute approximate surface area is 188 Å². The summed E-state index contributed by atoms with van der Waals surface area (Å²) in [7, 11) is 1.78. The molecular formula is C24H31FN6O. The first-order valence-corrected chi connectivity index (χ1v) is 11.3. The van der Waals surface area contributed by atoms with E-state index in [1.54, 1.807) is 30.1 Å². The van der Waals surface area contributed by atoms with Gasteiger partial charge in [-0.2, -0.15) is 5.10 Å². The Hall–Kier alpha value is -3.13. The summed E-state index contributed by atoms with van der Waals surface area (Å²) in [5.41, 5.74) is 1.80. The van der Waals surface area contributed by atoms with Crippen LogP contribution in [0.15, 0.2) is 64.3 Å². The predicted molar refractivity (Wildman–Crippen MR) is 123 cm³/mol. The molecule has 1 unspecified atom stereocenters. The van der Waals surface area contributed by atoms with E-state index in [2.05, 4.69) is 31.7 Å². The van der Waals surface area contributed by atoms with Gasteiger partial charge in [-0.05, 0) is 68.4 Å². The molecular weight excluding hydrogens is 407 g/mol. The van der Waals surface area contributed by atoms with Gasteiger partial charge in [-0.3, -0.25) is 9.89 Å². The molecule has 0 bridgehead atoms. The van der Waals surface area contributed by atoms with Crippen LogP contribution in [0.3, 0.4) is 0 Å². The molecule has 3 heterocycles. The van der Waals surface area contributed by atoms with Crippen molar-refractivity contribution in [2.75, 3.05) is 33.2 Å². The predicted octanol–water partition coefficient (Wildman–Crippen LogP) is 3.54. The SMILES string of the molecule is CN=C(NCCc1ccn(-c2ccc(F)cc2)n1)NCC(c1ccco1)N1CCCCC1. The van der Waals surface area contributed by atoms with Crippen LogP contribution in [0.5, 0.6) is 0 Å². The molecule has 3 aromatic rings. The van der Waals surface area contributed by atoms with E-state index < -0.39 is 0 Å².